The topological polar surface area (TPSA) is 84.2 Å². The molecule has 0 amide bonds. The van der Waals surface area contributed by atoms with Gasteiger partial charge in [-0.1, -0.05) is 0 Å². The fourth-order valence-electron chi connectivity index (χ4n) is 1.74. The largest absolute Gasteiger partial charge is 0.391 e. The highest BCUT2D eigenvalue weighted by molar-refractivity contribution is 7.91. The molecule has 0 fully saturated rings. The van der Waals surface area contributed by atoms with Gasteiger partial charge in [-0.05, 0) is 25.0 Å². The monoisotopic (exact) mass is 315 g/mol. The molecule has 0 radical (unpaired) electrons. The van der Waals surface area contributed by atoms with E-state index in [4.69, 9.17) is 5.11 Å². The van der Waals surface area contributed by atoms with Crippen molar-refractivity contribution in [3.05, 3.63) is 35.2 Å². The quantitative estimate of drug-likeness (QED) is 0.750. The molecular formula is C12H17N3O3S2. The molecule has 0 aromatic carbocycles. The zero-order chi connectivity index (χ0) is 14.6. The molecule has 0 saturated carbocycles. The van der Waals surface area contributed by atoms with Gasteiger partial charge in [-0.2, -0.15) is 0 Å². The number of imidazole rings is 1. The van der Waals surface area contributed by atoms with Crippen LogP contribution in [0.1, 0.15) is 16.9 Å². The number of nitrogens with one attached hydrogen (secondary N) is 1. The molecule has 20 heavy (non-hydrogen) atoms. The van der Waals surface area contributed by atoms with Gasteiger partial charge in [0.1, 0.15) is 4.21 Å². The van der Waals surface area contributed by atoms with Crippen molar-refractivity contribution in [3.63, 3.8) is 0 Å². The van der Waals surface area contributed by atoms with Crippen LogP contribution in [0.5, 0.6) is 0 Å². The van der Waals surface area contributed by atoms with Gasteiger partial charge in [-0.3, -0.25) is 0 Å². The molecule has 2 N–H and O–H groups in total. The predicted molar refractivity (Wildman–Crippen MR) is 77.0 cm³/mol. The zero-order valence-electron chi connectivity index (χ0n) is 11.1. The van der Waals surface area contributed by atoms with E-state index in [0.717, 1.165) is 16.9 Å². The molecule has 0 unspecified atom stereocenters. The Balaban J connectivity index is 1.90. The first-order valence-corrected chi connectivity index (χ1v) is 8.48. The summed E-state index contributed by atoms with van der Waals surface area (Å²) in [7, 11) is -3.48. The van der Waals surface area contributed by atoms with E-state index in [1.807, 2.05) is 10.8 Å². The van der Waals surface area contributed by atoms with Crippen molar-refractivity contribution in [2.45, 2.75) is 30.7 Å². The molecule has 0 spiro atoms. The molecule has 0 aliphatic heterocycles. The molecule has 2 aromatic heterocycles. The van der Waals surface area contributed by atoms with Gasteiger partial charge >= 0.3 is 0 Å². The zero-order valence-corrected chi connectivity index (χ0v) is 12.7. The van der Waals surface area contributed by atoms with Gasteiger partial charge in [-0.15, -0.1) is 11.3 Å². The highest BCUT2D eigenvalue weighted by Gasteiger charge is 2.17. The highest BCUT2D eigenvalue weighted by atomic mass is 32.2. The van der Waals surface area contributed by atoms with E-state index in [1.165, 1.54) is 0 Å². The summed E-state index contributed by atoms with van der Waals surface area (Å²) in [6.07, 6.45) is 5.91. The number of aryl methyl sites for hydroxylation is 2. The van der Waals surface area contributed by atoms with E-state index in [0.29, 0.717) is 24.4 Å². The van der Waals surface area contributed by atoms with Gasteiger partial charge in [0.15, 0.2) is 0 Å². The first kappa shape index (κ1) is 15.2. The second-order valence-corrected chi connectivity index (χ2v) is 7.51. The molecule has 110 valence electrons. The molecular weight excluding hydrogens is 298 g/mol. The Bertz CT molecular complexity index is 648. The fraction of sp³-hybridized carbons (Fsp3) is 0.417. The van der Waals surface area contributed by atoms with E-state index in [2.05, 4.69) is 9.71 Å². The lowest BCUT2D eigenvalue weighted by Crippen LogP contribution is -2.24. The Morgan fingerprint density at radius 1 is 1.50 bits per heavy atom. The standard InChI is InChI=1S/C12H17N3O3S2/c1-10-7-12(19-11(10)8-16)20(17,18)14-3-2-5-15-6-4-13-9-15/h4,6-7,9,14,16H,2-3,5,8H2,1H3. The number of rotatable bonds is 7. The number of aliphatic hydroxyl groups excluding tert-OH is 1. The SMILES string of the molecule is Cc1cc(S(=O)(=O)NCCCn2ccnc2)sc1CO. The lowest BCUT2D eigenvalue weighted by molar-refractivity contribution is 0.285. The summed E-state index contributed by atoms with van der Waals surface area (Å²) < 4.78 is 28.9. The van der Waals surface area contributed by atoms with Gasteiger partial charge in [0.2, 0.25) is 10.0 Å². The smallest absolute Gasteiger partial charge is 0.250 e. The number of thiophene rings is 1. The molecule has 8 heteroatoms. The van der Waals surface area contributed by atoms with Crippen molar-refractivity contribution in [3.8, 4) is 0 Å². The number of sulfonamides is 1. The number of aliphatic hydroxyl groups is 1. The lowest BCUT2D eigenvalue weighted by atomic mass is 10.3. The van der Waals surface area contributed by atoms with Crippen LogP contribution in [0.4, 0.5) is 0 Å². The van der Waals surface area contributed by atoms with Gasteiger partial charge in [-0.25, -0.2) is 18.1 Å². The first-order valence-electron chi connectivity index (χ1n) is 6.18. The maximum Gasteiger partial charge on any atom is 0.250 e. The number of hydrogen-bond donors (Lipinski definition) is 2. The van der Waals surface area contributed by atoms with Crippen LogP contribution in [-0.4, -0.2) is 29.6 Å². The summed E-state index contributed by atoms with van der Waals surface area (Å²) in [6, 6.07) is 1.59. The molecule has 0 aliphatic carbocycles. The van der Waals surface area contributed by atoms with Crippen LogP contribution in [0, 0.1) is 6.92 Å². The van der Waals surface area contributed by atoms with Crippen LogP contribution in [0.3, 0.4) is 0 Å². The van der Waals surface area contributed by atoms with E-state index in [9.17, 15) is 8.42 Å². The minimum absolute atomic E-state index is 0.132. The van der Waals surface area contributed by atoms with Crippen LogP contribution in [-0.2, 0) is 23.2 Å². The molecule has 2 rings (SSSR count). The Morgan fingerprint density at radius 3 is 2.90 bits per heavy atom. The third-order valence-electron chi connectivity index (χ3n) is 2.85. The van der Waals surface area contributed by atoms with Gasteiger partial charge in [0, 0.05) is 30.4 Å². The normalized spacial score (nSPS) is 11.9. The Labute approximate surface area is 122 Å². The second-order valence-electron chi connectivity index (χ2n) is 4.38. The second kappa shape index (κ2) is 6.49. The summed E-state index contributed by atoms with van der Waals surface area (Å²) in [5, 5.41) is 9.10. The molecule has 0 atom stereocenters. The lowest BCUT2D eigenvalue weighted by Gasteiger charge is -2.05. The van der Waals surface area contributed by atoms with Gasteiger partial charge in [0.25, 0.3) is 0 Å². The Morgan fingerprint density at radius 2 is 2.30 bits per heavy atom. The maximum absolute atomic E-state index is 12.1. The Hall–Kier alpha value is -1.22. The third-order valence-corrected chi connectivity index (χ3v) is 6.01. The average molecular weight is 315 g/mol. The Kier molecular flexibility index (Phi) is 4.92. The van der Waals surface area contributed by atoms with Crippen molar-refractivity contribution in [2.24, 2.45) is 0 Å². The van der Waals surface area contributed by atoms with Crippen molar-refractivity contribution in [1.29, 1.82) is 0 Å². The van der Waals surface area contributed by atoms with E-state index in [-0.39, 0.29) is 10.8 Å². The van der Waals surface area contributed by atoms with Crippen LogP contribution in [0.2, 0.25) is 0 Å². The summed E-state index contributed by atoms with van der Waals surface area (Å²) in [5.41, 5.74) is 0.802. The highest BCUT2D eigenvalue weighted by Crippen LogP contribution is 2.25. The van der Waals surface area contributed by atoms with E-state index in [1.54, 1.807) is 25.5 Å². The van der Waals surface area contributed by atoms with Crippen molar-refractivity contribution in [2.75, 3.05) is 6.54 Å². The van der Waals surface area contributed by atoms with Crippen LogP contribution in [0.25, 0.3) is 0 Å². The molecule has 0 saturated heterocycles. The molecule has 2 aromatic rings. The van der Waals surface area contributed by atoms with Crippen LogP contribution >= 0.6 is 11.3 Å². The maximum atomic E-state index is 12.1. The molecule has 2 heterocycles. The van der Waals surface area contributed by atoms with E-state index < -0.39 is 10.0 Å². The molecule has 6 nitrogen and oxygen atoms in total. The summed E-state index contributed by atoms with van der Waals surface area (Å²) in [6.45, 7) is 2.74. The third kappa shape index (κ3) is 3.66. The van der Waals surface area contributed by atoms with Crippen molar-refractivity contribution < 1.29 is 13.5 Å². The summed E-state index contributed by atoms with van der Waals surface area (Å²) >= 11 is 1.11. The molecule has 0 bridgehead atoms. The van der Waals surface area contributed by atoms with Gasteiger partial charge < -0.3 is 9.67 Å². The molecule has 0 aliphatic rings. The van der Waals surface area contributed by atoms with Gasteiger partial charge in [0.05, 0.1) is 12.9 Å². The van der Waals surface area contributed by atoms with Crippen molar-refractivity contribution >= 4 is 21.4 Å². The predicted octanol–water partition coefficient (Wildman–Crippen LogP) is 1.11. The minimum Gasteiger partial charge on any atom is -0.391 e. The average Bonchev–Trinajstić information content (AvgIpc) is 3.04. The summed E-state index contributed by atoms with van der Waals surface area (Å²) in [4.78, 5) is 4.61. The first-order chi connectivity index (χ1) is 9.53. The number of aromatic nitrogens is 2. The number of hydrogen-bond acceptors (Lipinski definition) is 5. The van der Waals surface area contributed by atoms with Crippen LogP contribution in [0.15, 0.2) is 29.0 Å². The minimum atomic E-state index is -3.48. The van der Waals surface area contributed by atoms with Crippen LogP contribution < -0.4 is 4.72 Å². The fourth-order valence-corrected chi connectivity index (χ4v) is 4.30. The summed E-state index contributed by atoms with van der Waals surface area (Å²) in [5.74, 6) is 0. The number of nitrogens with zero attached hydrogens (tertiary/aromatic N) is 2. The van der Waals surface area contributed by atoms with Crippen molar-refractivity contribution in [1.82, 2.24) is 14.3 Å². The van der Waals surface area contributed by atoms with E-state index >= 15 is 0 Å².